The summed E-state index contributed by atoms with van der Waals surface area (Å²) in [5.74, 6) is -9.59. The van der Waals surface area contributed by atoms with Crippen LogP contribution in [-0.4, -0.2) is 253 Å². The van der Waals surface area contributed by atoms with Crippen LogP contribution in [-0.2, 0) is 68.6 Å². The summed E-state index contributed by atoms with van der Waals surface area (Å²) in [4.78, 5) is 143. The van der Waals surface area contributed by atoms with Crippen molar-refractivity contribution in [3.8, 4) is 0 Å². The number of amides is 3. The number of unbranched alkanes of at least 4 members (excludes halogenated alkanes) is 1. The molecule has 0 spiro atoms. The van der Waals surface area contributed by atoms with Gasteiger partial charge in [-0.2, -0.15) is 11.8 Å². The molecule has 0 aliphatic carbocycles. The monoisotopic (exact) mass is 1290 g/mol. The van der Waals surface area contributed by atoms with Crippen LogP contribution in [0.3, 0.4) is 0 Å². The Labute approximate surface area is 501 Å². The van der Waals surface area contributed by atoms with E-state index in [1.807, 2.05) is 11.2 Å². The van der Waals surface area contributed by atoms with Gasteiger partial charge >= 0.3 is 23.9 Å². The number of halogens is 1. The van der Waals surface area contributed by atoms with E-state index in [1.165, 1.54) is 23.9 Å². The van der Waals surface area contributed by atoms with Gasteiger partial charge in [0.25, 0.3) is 11.8 Å². The number of carboxylic acid groups (broad SMARTS) is 4. The van der Waals surface area contributed by atoms with Gasteiger partial charge in [-0.25, -0.2) is 4.39 Å². The Morgan fingerprint density at radius 3 is 1.68 bits per heavy atom. The summed E-state index contributed by atoms with van der Waals surface area (Å²) in [6.07, 6.45) is 5.31. The second-order valence-electron chi connectivity index (χ2n) is 19.3. The molecule has 24 nitrogen and oxygen atoms in total. The maximum absolute atomic E-state index is 15.0. The third-order valence-electron chi connectivity index (χ3n) is 13.0. The number of nitrogens with zero attached hydrogens (tertiary/aromatic N) is 5. The molecule has 3 amide bonds. The molecule has 1 aromatic rings. The molecule has 2 aliphatic heterocycles. The fourth-order valence-corrected chi connectivity index (χ4v) is 9.15. The molecule has 2 atom stereocenters. The number of hydrogen-bond donors (Lipinski definition) is 5. The molecule has 1 aromatic carbocycles. The van der Waals surface area contributed by atoms with E-state index in [0.29, 0.717) is 56.8 Å². The number of carboxylic acids is 4. The standard InChI is InChI=1S/C53H77FN6O18S.Gd/c1-79-28-13-39(52(73)55-32-43(63)30-40(53(74)75)5-2-3-14-60-47(65)11-12-48(60)66)31-46(64)44-29-38(8-10-45(44)54)7-9-42(62)37-78-27-26-77-25-24-76-23-4-6-41(61)33-56-15-17-57(34-49(67)68)19-21-59(36-51(71)72)22-20-58(18-16-56)35-50(69)70;/h8,10-12,29,39-40H,2-7,9,13-28,30-37H2,1H3,(H,55,73)(H,67,68)(H,69,70)(H,71,72)(H,74,75);/t39-,40-;/m1./s1. The Morgan fingerprint density at radius 1 is 0.625 bits per heavy atom. The number of benzene rings is 1. The van der Waals surface area contributed by atoms with E-state index >= 15 is 4.39 Å². The van der Waals surface area contributed by atoms with Crippen LogP contribution in [0, 0.1) is 57.6 Å². The van der Waals surface area contributed by atoms with Crippen LogP contribution >= 0.6 is 11.8 Å². The zero-order valence-corrected chi connectivity index (χ0v) is 48.4. The first-order valence-electron chi connectivity index (χ1n) is 26.4. The molecule has 0 aromatic heterocycles. The van der Waals surface area contributed by atoms with Crippen LogP contribution in [0.2, 0.25) is 0 Å². The molecule has 2 heterocycles. The molecular formula is C53H77FGdN6O18S. The van der Waals surface area contributed by atoms with Gasteiger partial charge in [0.05, 0.1) is 70.6 Å². The van der Waals surface area contributed by atoms with Crippen molar-refractivity contribution in [3.63, 3.8) is 0 Å². The summed E-state index contributed by atoms with van der Waals surface area (Å²) in [5, 5.41) is 40.4. The second-order valence-corrected chi connectivity index (χ2v) is 20.3. The number of carbonyl (C=O) groups excluding carboxylic acids is 7. The maximum Gasteiger partial charge on any atom is 0.317 e. The first-order chi connectivity index (χ1) is 37.7. The summed E-state index contributed by atoms with van der Waals surface area (Å²) < 4.78 is 31.6. The van der Waals surface area contributed by atoms with Gasteiger partial charge in [-0.05, 0) is 61.8 Å². The average Bonchev–Trinajstić information content (AvgIpc) is 3.71. The van der Waals surface area contributed by atoms with Gasteiger partial charge in [0.2, 0.25) is 5.91 Å². The number of thioether (sulfide) groups is 1. The molecule has 80 heavy (non-hydrogen) atoms. The summed E-state index contributed by atoms with van der Waals surface area (Å²) >= 11 is 1.43. The number of nitrogens with one attached hydrogen (secondary N) is 1. The van der Waals surface area contributed by atoms with Crippen molar-refractivity contribution in [2.24, 2.45) is 11.8 Å². The smallest absolute Gasteiger partial charge is 0.317 e. The van der Waals surface area contributed by atoms with Crippen molar-refractivity contribution >= 4 is 76.5 Å². The van der Waals surface area contributed by atoms with E-state index < -0.39 is 77.4 Å². The van der Waals surface area contributed by atoms with Gasteiger partial charge in [-0.1, -0.05) is 12.5 Å². The number of rotatable bonds is 40. The zero-order chi connectivity index (χ0) is 58.1. The number of aliphatic carboxylic acids is 4. The van der Waals surface area contributed by atoms with Crippen LogP contribution in [0.25, 0.3) is 0 Å². The van der Waals surface area contributed by atoms with Crippen LogP contribution in [0.5, 0.6) is 0 Å². The van der Waals surface area contributed by atoms with Gasteiger partial charge in [-0.15, -0.1) is 0 Å². The Kier molecular flexibility index (Phi) is 36.3. The minimum atomic E-state index is -1.20. The number of Topliss-reactive ketones (excluding diaryl/α,β-unsaturated/α-hetero) is 4. The first-order valence-corrected chi connectivity index (χ1v) is 27.8. The summed E-state index contributed by atoms with van der Waals surface area (Å²) in [6, 6.07) is 3.92. The van der Waals surface area contributed by atoms with Crippen molar-refractivity contribution in [2.75, 3.05) is 143 Å². The molecule has 1 fully saturated rings. The van der Waals surface area contributed by atoms with Crippen LogP contribution in [0.4, 0.5) is 4.39 Å². The van der Waals surface area contributed by atoms with Gasteiger partial charge in [0, 0.05) is 149 Å². The topological polar surface area (TPSA) is 325 Å². The average molecular weight is 1290 g/mol. The predicted molar refractivity (Wildman–Crippen MR) is 284 cm³/mol. The van der Waals surface area contributed by atoms with Gasteiger partial charge in [0.15, 0.2) is 17.3 Å². The molecule has 5 N–H and O–H groups in total. The Hall–Kier alpha value is -4.55. The normalized spacial score (nSPS) is 15.8. The fraction of sp³-hybridized carbons (Fsp3) is 0.642. The number of imide groups is 1. The maximum atomic E-state index is 15.0. The summed E-state index contributed by atoms with van der Waals surface area (Å²) in [6.45, 7) is 2.17. The van der Waals surface area contributed by atoms with Crippen LogP contribution in [0.15, 0.2) is 30.4 Å². The Balaban J connectivity index is 0.0000219. The molecule has 0 radical (unpaired) electrons. The van der Waals surface area contributed by atoms with Crippen molar-refractivity contribution in [1.82, 2.24) is 29.8 Å². The van der Waals surface area contributed by atoms with Gasteiger partial charge in [0.1, 0.15) is 18.2 Å². The third kappa shape index (κ3) is 30.5. The number of aryl methyl sites for hydroxylation is 1. The summed E-state index contributed by atoms with van der Waals surface area (Å²) in [5.41, 5.74) is 0.267. The molecule has 27 heteroatoms. The Bertz CT molecular complexity index is 2210. The van der Waals surface area contributed by atoms with E-state index in [0.717, 1.165) is 23.1 Å². The molecular weight excluding hydrogens is 1220 g/mol. The largest absolute Gasteiger partial charge is 0.481 e. The van der Waals surface area contributed by atoms with Gasteiger partial charge in [-0.3, -0.25) is 77.2 Å². The molecule has 0 saturated carbocycles. The molecule has 2 aliphatic rings. The first kappa shape index (κ1) is 71.6. The predicted octanol–water partition coefficient (Wildman–Crippen LogP) is 1.02. The molecule has 3 rings (SSSR count). The van der Waals surface area contributed by atoms with Crippen LogP contribution < -0.4 is 5.32 Å². The third-order valence-corrected chi connectivity index (χ3v) is 13.7. The number of ether oxygens (including phenoxy) is 3. The van der Waals surface area contributed by atoms with Gasteiger partial charge < -0.3 is 40.0 Å². The summed E-state index contributed by atoms with van der Waals surface area (Å²) in [7, 11) is 0. The SMILES string of the molecule is CSCC[C@H](CC(=O)c1cc(CCC(=O)COCCOCCOCCCC(=O)CN2CCN(CC(=O)O)CCN(CC(=O)O)CCN(CC(=O)O)CC2)ccc1F)C(=O)NCC(=O)C[C@@H](CCCCN1C(=O)C=CC1=O)C(=O)O.[Gd]. The van der Waals surface area contributed by atoms with E-state index in [2.05, 4.69) is 5.32 Å². The molecule has 0 bridgehead atoms. The quantitative estimate of drug-likeness (QED) is 0.0348. The number of hydrogen-bond acceptors (Lipinski definition) is 19. The molecule has 0 unspecified atom stereocenters. The van der Waals surface area contributed by atoms with Crippen molar-refractivity contribution < 1.29 is 132 Å². The van der Waals surface area contributed by atoms with Crippen molar-refractivity contribution in [2.45, 2.75) is 64.2 Å². The minimum Gasteiger partial charge on any atom is -0.481 e. The minimum absolute atomic E-state index is 0. The second kappa shape index (κ2) is 40.6. The zero-order valence-electron chi connectivity index (χ0n) is 45.3. The fourth-order valence-electron chi connectivity index (χ4n) is 8.63. The Morgan fingerprint density at radius 2 is 1.15 bits per heavy atom. The number of carbonyl (C=O) groups is 11. The van der Waals surface area contributed by atoms with E-state index in [-0.39, 0.29) is 201 Å². The van der Waals surface area contributed by atoms with Crippen LogP contribution in [0.1, 0.15) is 73.7 Å². The van der Waals surface area contributed by atoms with Crippen molar-refractivity contribution in [1.29, 1.82) is 0 Å². The van der Waals surface area contributed by atoms with E-state index in [1.54, 1.807) is 14.7 Å². The van der Waals surface area contributed by atoms with Crippen molar-refractivity contribution in [3.05, 3.63) is 47.3 Å². The molecule has 1 saturated heterocycles. The molecule has 448 valence electrons. The number of ketones is 4. The van der Waals surface area contributed by atoms with E-state index in [9.17, 15) is 73.2 Å². The van der Waals surface area contributed by atoms with E-state index in [4.69, 9.17) is 14.2 Å².